The molecule has 0 amide bonds. The van der Waals surface area contributed by atoms with Gasteiger partial charge in [-0.3, -0.25) is 4.68 Å². The van der Waals surface area contributed by atoms with E-state index in [1.54, 1.807) is 0 Å². The first-order valence-corrected chi connectivity index (χ1v) is 10.7. The Bertz CT molecular complexity index is 930. The molecule has 4 nitrogen and oxygen atoms in total. The molecule has 0 aliphatic heterocycles. The molecule has 2 saturated carbocycles. The van der Waals surface area contributed by atoms with Gasteiger partial charge in [-0.25, -0.2) is 0 Å². The summed E-state index contributed by atoms with van der Waals surface area (Å²) in [6.07, 6.45) is 9.05. The van der Waals surface area contributed by atoms with Crippen molar-refractivity contribution in [2.75, 3.05) is 0 Å². The number of aromatic nitrogens is 2. The smallest absolute Gasteiger partial charge is 0.115 e. The van der Waals surface area contributed by atoms with Crippen molar-refractivity contribution in [3.05, 3.63) is 52.9 Å². The molecule has 2 N–H and O–H groups in total. The van der Waals surface area contributed by atoms with Gasteiger partial charge < -0.3 is 10.2 Å². The lowest BCUT2D eigenvalue weighted by Gasteiger charge is -2.49. The zero-order valence-corrected chi connectivity index (χ0v) is 16.8. The third kappa shape index (κ3) is 2.57. The van der Waals surface area contributed by atoms with E-state index in [9.17, 15) is 10.2 Å². The maximum absolute atomic E-state index is 11.3. The van der Waals surface area contributed by atoms with Crippen LogP contribution in [0.3, 0.4) is 0 Å². The number of rotatable bonds is 2. The van der Waals surface area contributed by atoms with Crippen LogP contribution in [0.25, 0.3) is 6.08 Å². The van der Waals surface area contributed by atoms with E-state index < -0.39 is 0 Å². The predicted molar refractivity (Wildman–Crippen MR) is 110 cm³/mol. The van der Waals surface area contributed by atoms with Crippen molar-refractivity contribution >= 4 is 6.08 Å². The van der Waals surface area contributed by atoms with E-state index in [-0.39, 0.29) is 11.5 Å². The summed E-state index contributed by atoms with van der Waals surface area (Å²) in [5, 5.41) is 25.5. The number of phenolic OH excluding ortho intramolecular Hbond substituents is 1. The second-order valence-corrected chi connectivity index (χ2v) is 9.24. The summed E-state index contributed by atoms with van der Waals surface area (Å²) in [5.41, 5.74) is 5.01. The summed E-state index contributed by atoms with van der Waals surface area (Å²) in [6, 6.07) is 7.99. The summed E-state index contributed by atoms with van der Waals surface area (Å²) in [6.45, 7) is 5.25. The van der Waals surface area contributed by atoms with Crippen LogP contribution < -0.4 is 0 Å². The Balaban J connectivity index is 1.48. The molecule has 3 aliphatic carbocycles. The first-order chi connectivity index (χ1) is 13.5. The molecule has 28 heavy (non-hydrogen) atoms. The minimum absolute atomic E-state index is 0.0293. The molecule has 2 aromatic rings. The van der Waals surface area contributed by atoms with E-state index in [4.69, 9.17) is 0 Å². The fourth-order valence-electron chi connectivity index (χ4n) is 6.49. The number of aryl methyl sites for hydroxylation is 2. The number of aliphatic hydroxyl groups is 1. The number of nitrogens with zero attached hydrogens (tertiary/aromatic N) is 2. The molecular formula is C24H30N2O2. The minimum atomic E-state index is -0.361. The largest absolute Gasteiger partial charge is 0.508 e. The quantitative estimate of drug-likeness (QED) is 0.808. The zero-order valence-electron chi connectivity index (χ0n) is 16.8. The molecule has 0 bridgehead atoms. The maximum atomic E-state index is 11.3. The lowest BCUT2D eigenvalue weighted by atomic mass is 9.55. The Morgan fingerprint density at radius 3 is 2.96 bits per heavy atom. The molecule has 5 rings (SSSR count). The fraction of sp³-hybridized carbons (Fsp3) is 0.542. The standard InChI is InChI=1S/C24H30N2O2/c1-3-26-17(9-11-25-26)12-16-14-22-21-6-4-15-13-18(27)5-7-19(15)20(21)8-10-24(22,2)23(16)28/h5,7,9,11-13,20-23,27-28H,3-4,6,8,10,14H2,1-2H3/b16-12+/t20-,21+,22+,23-,24+/m0/s1. The number of hydrogen-bond donors (Lipinski definition) is 2. The van der Waals surface area contributed by atoms with E-state index >= 15 is 0 Å². The molecule has 5 atom stereocenters. The van der Waals surface area contributed by atoms with Crippen LogP contribution in [-0.2, 0) is 13.0 Å². The second-order valence-electron chi connectivity index (χ2n) is 9.24. The monoisotopic (exact) mass is 378 g/mol. The minimum Gasteiger partial charge on any atom is -0.508 e. The number of hydrogen-bond acceptors (Lipinski definition) is 3. The highest BCUT2D eigenvalue weighted by Gasteiger charge is 2.56. The van der Waals surface area contributed by atoms with Gasteiger partial charge in [0, 0.05) is 18.2 Å². The Labute approximate surface area is 166 Å². The van der Waals surface area contributed by atoms with Gasteiger partial charge in [0.15, 0.2) is 0 Å². The summed E-state index contributed by atoms with van der Waals surface area (Å²) >= 11 is 0. The maximum Gasteiger partial charge on any atom is 0.115 e. The molecule has 2 fully saturated rings. The van der Waals surface area contributed by atoms with E-state index in [2.05, 4.69) is 31.1 Å². The van der Waals surface area contributed by atoms with Crippen molar-refractivity contribution in [2.24, 2.45) is 17.3 Å². The van der Waals surface area contributed by atoms with Gasteiger partial charge >= 0.3 is 0 Å². The first-order valence-electron chi connectivity index (χ1n) is 10.7. The Kier molecular flexibility index (Phi) is 4.16. The van der Waals surface area contributed by atoms with E-state index in [0.717, 1.165) is 44.3 Å². The van der Waals surface area contributed by atoms with Crippen LogP contribution in [0.4, 0.5) is 0 Å². The summed E-state index contributed by atoms with van der Waals surface area (Å²) in [4.78, 5) is 0. The topological polar surface area (TPSA) is 58.3 Å². The Morgan fingerprint density at radius 2 is 2.14 bits per heavy atom. The highest BCUT2D eigenvalue weighted by atomic mass is 16.3. The summed E-state index contributed by atoms with van der Waals surface area (Å²) in [5.74, 6) is 2.09. The summed E-state index contributed by atoms with van der Waals surface area (Å²) in [7, 11) is 0. The van der Waals surface area contributed by atoms with Gasteiger partial charge in [-0.15, -0.1) is 0 Å². The molecule has 4 heteroatoms. The number of aliphatic hydroxyl groups excluding tert-OH is 1. The van der Waals surface area contributed by atoms with Gasteiger partial charge in [0.25, 0.3) is 0 Å². The number of fused-ring (bicyclic) bond motifs is 5. The van der Waals surface area contributed by atoms with Crippen LogP contribution in [0.1, 0.15) is 62.3 Å². The molecular weight excluding hydrogens is 348 g/mol. The molecule has 0 radical (unpaired) electrons. The number of phenols is 1. The highest BCUT2D eigenvalue weighted by Crippen LogP contribution is 2.62. The van der Waals surface area contributed by atoms with Gasteiger partial charge in [0.2, 0.25) is 0 Å². The van der Waals surface area contributed by atoms with Crippen molar-refractivity contribution in [1.29, 1.82) is 0 Å². The molecule has 0 saturated heterocycles. The molecule has 148 valence electrons. The fourth-order valence-corrected chi connectivity index (χ4v) is 6.49. The lowest BCUT2D eigenvalue weighted by Crippen LogP contribution is -2.44. The van der Waals surface area contributed by atoms with Gasteiger partial charge in [-0.1, -0.05) is 13.0 Å². The average molecular weight is 379 g/mol. The Morgan fingerprint density at radius 1 is 1.29 bits per heavy atom. The third-order valence-electron chi connectivity index (χ3n) is 7.96. The van der Waals surface area contributed by atoms with Crippen molar-refractivity contribution < 1.29 is 10.2 Å². The van der Waals surface area contributed by atoms with Crippen LogP contribution in [0, 0.1) is 17.3 Å². The SMILES string of the molecule is CCn1nccc1/C=C1\C[C@@H]2[C@@H]3CCc4cc(O)ccc4[C@@H]3CC[C@@]2(C)[C@H]1O. The average Bonchev–Trinajstić information content (AvgIpc) is 3.24. The van der Waals surface area contributed by atoms with Gasteiger partial charge in [-0.05, 0) is 97.8 Å². The van der Waals surface area contributed by atoms with Gasteiger partial charge in [0.1, 0.15) is 5.75 Å². The zero-order chi connectivity index (χ0) is 19.5. The van der Waals surface area contributed by atoms with E-state index in [1.165, 1.54) is 16.7 Å². The third-order valence-corrected chi connectivity index (χ3v) is 7.96. The van der Waals surface area contributed by atoms with Crippen molar-refractivity contribution in [1.82, 2.24) is 9.78 Å². The lowest BCUT2D eigenvalue weighted by molar-refractivity contribution is -0.0158. The number of benzene rings is 1. The van der Waals surface area contributed by atoms with E-state index in [1.807, 2.05) is 29.1 Å². The highest BCUT2D eigenvalue weighted by molar-refractivity contribution is 5.53. The first kappa shape index (κ1) is 18.0. The predicted octanol–water partition coefficient (Wildman–Crippen LogP) is 4.52. The normalized spacial score (nSPS) is 35.5. The number of aromatic hydroxyl groups is 1. The molecule has 0 spiro atoms. The molecule has 1 aromatic heterocycles. The molecule has 0 unspecified atom stereocenters. The summed E-state index contributed by atoms with van der Waals surface area (Å²) < 4.78 is 2.00. The van der Waals surface area contributed by atoms with Gasteiger partial charge in [-0.2, -0.15) is 5.10 Å². The van der Waals surface area contributed by atoms with Gasteiger partial charge in [0.05, 0.1) is 11.8 Å². The van der Waals surface area contributed by atoms with Crippen LogP contribution >= 0.6 is 0 Å². The van der Waals surface area contributed by atoms with Crippen LogP contribution in [0.5, 0.6) is 5.75 Å². The van der Waals surface area contributed by atoms with Crippen molar-refractivity contribution in [3.8, 4) is 5.75 Å². The second kappa shape index (κ2) is 6.48. The van der Waals surface area contributed by atoms with Crippen LogP contribution in [0.2, 0.25) is 0 Å². The van der Waals surface area contributed by atoms with Crippen molar-refractivity contribution in [2.45, 2.75) is 64.5 Å². The van der Waals surface area contributed by atoms with Crippen LogP contribution in [0.15, 0.2) is 36.0 Å². The Hall–Kier alpha value is -2.07. The van der Waals surface area contributed by atoms with Crippen LogP contribution in [-0.4, -0.2) is 26.1 Å². The van der Waals surface area contributed by atoms with E-state index in [0.29, 0.717) is 23.5 Å². The van der Waals surface area contributed by atoms with Crippen molar-refractivity contribution in [3.63, 3.8) is 0 Å². The molecule has 1 aromatic carbocycles. The molecule has 1 heterocycles. The molecule has 3 aliphatic rings.